The molecular weight excluding hydrogens is 284 g/mol. The van der Waals surface area contributed by atoms with Crippen molar-refractivity contribution in [2.24, 2.45) is 5.92 Å². The van der Waals surface area contributed by atoms with Gasteiger partial charge in [0.25, 0.3) is 0 Å². The number of piperidine rings is 1. The molecule has 1 aromatic rings. The third-order valence-corrected chi connectivity index (χ3v) is 3.96. The topological polar surface area (TPSA) is 61.3 Å². The van der Waals surface area contributed by atoms with Crippen molar-refractivity contribution >= 4 is 27.6 Å². The minimum absolute atomic E-state index is 0.288. The standard InChI is InChI=1S/C11H17BrN4O/c1-7-3-4-16(5-8(7)17)11-9(12)10(13-2)14-6-15-11/h6-8,17H,3-5H2,1-2H3,(H,13,14,15). The number of β-amino-alcohol motifs (C(OH)–C–C–N with tert-alkyl or cyclic N) is 1. The Bertz CT molecular complexity index is 401. The lowest BCUT2D eigenvalue weighted by atomic mass is 9.96. The third kappa shape index (κ3) is 2.52. The number of aliphatic hydroxyl groups is 1. The monoisotopic (exact) mass is 300 g/mol. The average molecular weight is 301 g/mol. The van der Waals surface area contributed by atoms with Gasteiger partial charge < -0.3 is 15.3 Å². The van der Waals surface area contributed by atoms with E-state index in [1.54, 1.807) is 0 Å². The van der Waals surface area contributed by atoms with Crippen LogP contribution in [0.25, 0.3) is 0 Å². The van der Waals surface area contributed by atoms with Gasteiger partial charge in [0, 0.05) is 20.1 Å². The molecular formula is C11H17BrN4O. The summed E-state index contributed by atoms with van der Waals surface area (Å²) in [5, 5.41) is 12.9. The lowest BCUT2D eigenvalue weighted by Gasteiger charge is -2.35. The summed E-state index contributed by atoms with van der Waals surface area (Å²) in [5.74, 6) is 1.97. The van der Waals surface area contributed by atoms with Crippen molar-refractivity contribution in [1.82, 2.24) is 9.97 Å². The van der Waals surface area contributed by atoms with Gasteiger partial charge in [0.05, 0.1) is 6.10 Å². The van der Waals surface area contributed by atoms with Crippen molar-refractivity contribution < 1.29 is 5.11 Å². The van der Waals surface area contributed by atoms with E-state index in [0.29, 0.717) is 12.5 Å². The van der Waals surface area contributed by atoms with Gasteiger partial charge in [0.1, 0.15) is 22.4 Å². The van der Waals surface area contributed by atoms with Gasteiger partial charge in [-0.25, -0.2) is 9.97 Å². The number of anilines is 2. The fourth-order valence-corrected chi connectivity index (χ4v) is 2.65. The first kappa shape index (κ1) is 12.6. The molecule has 1 saturated heterocycles. The molecule has 0 aliphatic carbocycles. The summed E-state index contributed by atoms with van der Waals surface area (Å²) >= 11 is 3.50. The second-order valence-electron chi connectivity index (χ2n) is 4.39. The molecule has 2 N–H and O–H groups in total. The van der Waals surface area contributed by atoms with Crippen LogP contribution >= 0.6 is 15.9 Å². The molecule has 6 heteroatoms. The third-order valence-electron chi connectivity index (χ3n) is 3.23. The Labute approximate surface area is 109 Å². The van der Waals surface area contributed by atoms with E-state index in [4.69, 9.17) is 0 Å². The number of nitrogens with one attached hydrogen (secondary N) is 1. The van der Waals surface area contributed by atoms with Gasteiger partial charge in [-0.15, -0.1) is 0 Å². The van der Waals surface area contributed by atoms with Crippen molar-refractivity contribution in [3.63, 3.8) is 0 Å². The lowest BCUT2D eigenvalue weighted by molar-refractivity contribution is 0.102. The Morgan fingerprint density at radius 3 is 2.94 bits per heavy atom. The number of nitrogens with zero attached hydrogens (tertiary/aromatic N) is 3. The zero-order valence-electron chi connectivity index (χ0n) is 10.0. The van der Waals surface area contributed by atoms with E-state index in [1.807, 2.05) is 7.05 Å². The minimum atomic E-state index is -0.288. The predicted molar refractivity (Wildman–Crippen MR) is 71.3 cm³/mol. The maximum atomic E-state index is 9.91. The number of halogens is 1. The highest BCUT2D eigenvalue weighted by molar-refractivity contribution is 9.10. The Balaban J connectivity index is 2.23. The van der Waals surface area contributed by atoms with Crippen molar-refractivity contribution in [1.29, 1.82) is 0 Å². The molecule has 0 bridgehead atoms. The quantitative estimate of drug-likeness (QED) is 0.866. The molecule has 2 heterocycles. The van der Waals surface area contributed by atoms with Crippen molar-refractivity contribution in [2.45, 2.75) is 19.4 Å². The summed E-state index contributed by atoms with van der Waals surface area (Å²) in [4.78, 5) is 10.5. The summed E-state index contributed by atoms with van der Waals surface area (Å²) in [6.45, 7) is 3.62. The first-order chi connectivity index (χ1) is 8.13. The Morgan fingerprint density at radius 2 is 2.29 bits per heavy atom. The molecule has 1 aliphatic heterocycles. The van der Waals surface area contributed by atoms with E-state index >= 15 is 0 Å². The molecule has 0 amide bonds. The van der Waals surface area contributed by atoms with E-state index in [-0.39, 0.29) is 6.10 Å². The summed E-state index contributed by atoms with van der Waals surface area (Å²) in [6, 6.07) is 0. The highest BCUT2D eigenvalue weighted by Crippen LogP contribution is 2.31. The second-order valence-corrected chi connectivity index (χ2v) is 5.18. The Hall–Kier alpha value is -0.880. The van der Waals surface area contributed by atoms with Crippen LogP contribution in [0.3, 0.4) is 0 Å². The van der Waals surface area contributed by atoms with Crippen molar-refractivity contribution in [2.75, 3.05) is 30.4 Å². The predicted octanol–water partition coefficient (Wildman–Crippen LogP) is 1.49. The maximum Gasteiger partial charge on any atom is 0.148 e. The van der Waals surface area contributed by atoms with E-state index in [0.717, 1.165) is 29.1 Å². The summed E-state index contributed by atoms with van der Waals surface area (Å²) in [6.07, 6.45) is 2.23. The normalized spacial score (nSPS) is 24.8. The van der Waals surface area contributed by atoms with Crippen LogP contribution in [-0.2, 0) is 0 Å². The fraction of sp³-hybridized carbons (Fsp3) is 0.636. The van der Waals surface area contributed by atoms with E-state index in [1.165, 1.54) is 6.33 Å². The number of hydrogen-bond donors (Lipinski definition) is 2. The lowest BCUT2D eigenvalue weighted by Crippen LogP contribution is -2.43. The molecule has 2 unspecified atom stereocenters. The second kappa shape index (κ2) is 5.18. The Kier molecular flexibility index (Phi) is 3.83. The highest BCUT2D eigenvalue weighted by atomic mass is 79.9. The molecule has 1 aromatic heterocycles. The average Bonchev–Trinajstić information content (AvgIpc) is 2.33. The molecule has 0 aromatic carbocycles. The van der Waals surface area contributed by atoms with Gasteiger partial charge >= 0.3 is 0 Å². The van der Waals surface area contributed by atoms with Crippen molar-refractivity contribution in [3.05, 3.63) is 10.8 Å². The zero-order chi connectivity index (χ0) is 12.4. The molecule has 0 spiro atoms. The minimum Gasteiger partial charge on any atom is -0.391 e. The number of aromatic nitrogens is 2. The van der Waals surface area contributed by atoms with Crippen LogP contribution in [0.4, 0.5) is 11.6 Å². The zero-order valence-corrected chi connectivity index (χ0v) is 11.6. The summed E-state index contributed by atoms with van der Waals surface area (Å²) in [5.41, 5.74) is 0. The van der Waals surface area contributed by atoms with Crippen LogP contribution in [0.15, 0.2) is 10.8 Å². The first-order valence-corrected chi connectivity index (χ1v) is 6.54. The van der Waals surface area contributed by atoms with Gasteiger partial charge in [-0.05, 0) is 28.3 Å². The molecule has 94 valence electrons. The number of aliphatic hydroxyl groups excluding tert-OH is 1. The highest BCUT2D eigenvalue weighted by Gasteiger charge is 2.26. The van der Waals surface area contributed by atoms with Crippen LogP contribution < -0.4 is 10.2 Å². The first-order valence-electron chi connectivity index (χ1n) is 5.74. The van der Waals surface area contributed by atoms with Crippen LogP contribution in [0.5, 0.6) is 0 Å². The molecule has 1 fully saturated rings. The SMILES string of the molecule is CNc1ncnc(N2CCC(C)C(O)C2)c1Br. The number of rotatable bonds is 2. The van der Waals surface area contributed by atoms with Crippen LogP contribution in [0, 0.1) is 5.92 Å². The van der Waals surface area contributed by atoms with Crippen LogP contribution in [0.1, 0.15) is 13.3 Å². The maximum absolute atomic E-state index is 9.91. The fourth-order valence-electron chi connectivity index (χ4n) is 2.00. The molecule has 5 nitrogen and oxygen atoms in total. The van der Waals surface area contributed by atoms with Gasteiger partial charge in [0.15, 0.2) is 0 Å². The van der Waals surface area contributed by atoms with E-state index in [2.05, 4.69) is 43.0 Å². The summed E-state index contributed by atoms with van der Waals surface area (Å²) in [7, 11) is 1.82. The molecule has 17 heavy (non-hydrogen) atoms. The van der Waals surface area contributed by atoms with Gasteiger partial charge in [0.2, 0.25) is 0 Å². The van der Waals surface area contributed by atoms with Crippen LogP contribution in [0.2, 0.25) is 0 Å². The number of hydrogen-bond acceptors (Lipinski definition) is 5. The smallest absolute Gasteiger partial charge is 0.148 e. The molecule has 1 aliphatic rings. The van der Waals surface area contributed by atoms with Crippen molar-refractivity contribution in [3.8, 4) is 0 Å². The molecule has 2 atom stereocenters. The molecule has 0 saturated carbocycles. The largest absolute Gasteiger partial charge is 0.391 e. The van der Waals surface area contributed by atoms with Gasteiger partial charge in [-0.3, -0.25) is 0 Å². The van der Waals surface area contributed by atoms with Gasteiger partial charge in [-0.1, -0.05) is 6.92 Å². The van der Waals surface area contributed by atoms with E-state index < -0.39 is 0 Å². The van der Waals surface area contributed by atoms with Crippen LogP contribution in [-0.4, -0.2) is 41.3 Å². The van der Waals surface area contributed by atoms with Gasteiger partial charge in [-0.2, -0.15) is 0 Å². The van der Waals surface area contributed by atoms with E-state index in [9.17, 15) is 5.11 Å². The molecule has 2 rings (SSSR count). The Morgan fingerprint density at radius 1 is 1.53 bits per heavy atom. The summed E-state index contributed by atoms with van der Waals surface area (Å²) < 4.78 is 0.851. The molecule has 0 radical (unpaired) electrons.